The lowest BCUT2D eigenvalue weighted by Gasteiger charge is -2.35. The van der Waals surface area contributed by atoms with Crippen molar-refractivity contribution in [3.8, 4) is 0 Å². The highest BCUT2D eigenvalue weighted by Crippen LogP contribution is 2.19. The maximum absolute atomic E-state index is 12.2. The van der Waals surface area contributed by atoms with E-state index < -0.39 is 5.60 Å². The monoisotopic (exact) mass is 373 g/mol. The van der Waals surface area contributed by atoms with Crippen molar-refractivity contribution in [3.05, 3.63) is 23.5 Å². The average Bonchev–Trinajstić information content (AvgIpc) is 2.98. The van der Waals surface area contributed by atoms with Crippen molar-refractivity contribution in [3.63, 3.8) is 0 Å². The number of hydrogen-bond acceptors (Lipinski definition) is 7. The van der Waals surface area contributed by atoms with Crippen LogP contribution in [0.5, 0.6) is 0 Å². The van der Waals surface area contributed by atoms with Crippen LogP contribution in [0.25, 0.3) is 0 Å². The number of aryl methyl sites for hydroxylation is 2. The summed E-state index contributed by atoms with van der Waals surface area (Å²) in [6.45, 7) is 12.0. The van der Waals surface area contributed by atoms with Crippen LogP contribution < -0.4 is 10.2 Å². The molecule has 1 saturated heterocycles. The summed E-state index contributed by atoms with van der Waals surface area (Å²) >= 11 is 0. The third-order valence-electron chi connectivity index (χ3n) is 4.02. The van der Waals surface area contributed by atoms with E-state index in [1.807, 2.05) is 46.8 Å². The van der Waals surface area contributed by atoms with Crippen molar-refractivity contribution in [1.29, 1.82) is 0 Å². The van der Waals surface area contributed by atoms with Gasteiger partial charge in [-0.3, -0.25) is 5.10 Å². The fourth-order valence-electron chi connectivity index (χ4n) is 2.79. The predicted molar refractivity (Wildman–Crippen MR) is 103 cm³/mol. The third-order valence-corrected chi connectivity index (χ3v) is 4.02. The first-order valence-electron chi connectivity index (χ1n) is 9.07. The summed E-state index contributed by atoms with van der Waals surface area (Å²) < 4.78 is 5.44. The average molecular weight is 373 g/mol. The molecule has 1 amide bonds. The van der Waals surface area contributed by atoms with Crippen LogP contribution in [0.15, 0.2) is 12.1 Å². The highest BCUT2D eigenvalue weighted by atomic mass is 16.6. The molecule has 2 aromatic rings. The largest absolute Gasteiger partial charge is 0.444 e. The minimum Gasteiger partial charge on any atom is -0.444 e. The van der Waals surface area contributed by atoms with E-state index in [1.54, 1.807) is 4.90 Å². The second-order valence-corrected chi connectivity index (χ2v) is 7.71. The van der Waals surface area contributed by atoms with Crippen molar-refractivity contribution >= 4 is 23.7 Å². The molecule has 1 aliphatic rings. The molecule has 9 nitrogen and oxygen atoms in total. The molecule has 146 valence electrons. The number of anilines is 3. The van der Waals surface area contributed by atoms with Gasteiger partial charge in [0, 0.05) is 49.7 Å². The number of aromatic nitrogens is 4. The molecule has 0 aromatic carbocycles. The van der Waals surface area contributed by atoms with Gasteiger partial charge in [-0.15, -0.1) is 0 Å². The number of nitrogens with zero attached hydrogens (tertiary/aromatic N) is 5. The molecule has 27 heavy (non-hydrogen) atoms. The molecule has 0 saturated carbocycles. The van der Waals surface area contributed by atoms with Gasteiger partial charge in [0.25, 0.3) is 0 Å². The van der Waals surface area contributed by atoms with E-state index in [1.165, 1.54) is 0 Å². The molecule has 0 spiro atoms. The SMILES string of the molecule is Cc1cc(Nc2cc(C)[nH]n2)nc(N2CCN(C(=O)OC(C)(C)C)CC2)n1. The molecule has 0 radical (unpaired) electrons. The Morgan fingerprint density at radius 3 is 2.41 bits per heavy atom. The number of ether oxygens (including phenoxy) is 1. The summed E-state index contributed by atoms with van der Waals surface area (Å²) in [7, 11) is 0. The van der Waals surface area contributed by atoms with E-state index in [0.29, 0.717) is 43.8 Å². The Kier molecular flexibility index (Phi) is 5.20. The predicted octanol–water partition coefficient (Wildman–Crippen LogP) is 2.62. The lowest BCUT2D eigenvalue weighted by molar-refractivity contribution is 0.0240. The standard InChI is InChI=1S/C18H27N7O2/c1-12-10-14(20-15-11-13(2)22-23-15)21-16(19-12)24-6-8-25(9-7-24)17(26)27-18(3,4)5/h10-11H,6-9H2,1-5H3,(H2,19,20,21,22,23). The Morgan fingerprint density at radius 2 is 1.81 bits per heavy atom. The van der Waals surface area contributed by atoms with Gasteiger partial charge in [0.15, 0.2) is 5.82 Å². The highest BCUT2D eigenvalue weighted by Gasteiger charge is 2.27. The van der Waals surface area contributed by atoms with Gasteiger partial charge in [0.2, 0.25) is 5.95 Å². The Labute approximate surface area is 159 Å². The minimum absolute atomic E-state index is 0.274. The molecule has 3 rings (SSSR count). The van der Waals surface area contributed by atoms with Crippen LogP contribution in [0.4, 0.5) is 22.4 Å². The second-order valence-electron chi connectivity index (χ2n) is 7.71. The summed E-state index contributed by atoms with van der Waals surface area (Å²) in [5.41, 5.74) is 1.35. The molecule has 9 heteroatoms. The van der Waals surface area contributed by atoms with Crippen molar-refractivity contribution in [2.75, 3.05) is 36.4 Å². The van der Waals surface area contributed by atoms with Crippen LogP contribution in [0.3, 0.4) is 0 Å². The lowest BCUT2D eigenvalue weighted by Crippen LogP contribution is -2.50. The molecule has 0 unspecified atom stereocenters. The molecule has 0 atom stereocenters. The smallest absolute Gasteiger partial charge is 0.410 e. The first-order chi connectivity index (χ1) is 12.7. The molecular formula is C18H27N7O2. The van der Waals surface area contributed by atoms with Gasteiger partial charge in [-0.2, -0.15) is 10.1 Å². The molecule has 2 N–H and O–H groups in total. The van der Waals surface area contributed by atoms with Crippen LogP contribution in [-0.2, 0) is 4.74 Å². The Balaban J connectivity index is 1.65. The van der Waals surface area contributed by atoms with Crippen LogP contribution >= 0.6 is 0 Å². The van der Waals surface area contributed by atoms with E-state index >= 15 is 0 Å². The minimum atomic E-state index is -0.487. The molecule has 1 aliphatic heterocycles. The van der Waals surface area contributed by atoms with Crippen LogP contribution in [-0.4, -0.2) is 62.9 Å². The lowest BCUT2D eigenvalue weighted by atomic mass is 10.2. The van der Waals surface area contributed by atoms with Gasteiger partial charge in [0.1, 0.15) is 11.4 Å². The van der Waals surface area contributed by atoms with Crippen LogP contribution in [0, 0.1) is 13.8 Å². The summed E-state index contributed by atoms with van der Waals surface area (Å²) in [5, 5.41) is 10.3. The van der Waals surface area contributed by atoms with Gasteiger partial charge < -0.3 is 19.9 Å². The van der Waals surface area contributed by atoms with Crippen molar-refractivity contribution < 1.29 is 9.53 Å². The number of rotatable bonds is 3. The van der Waals surface area contributed by atoms with Crippen molar-refractivity contribution in [1.82, 2.24) is 25.1 Å². The van der Waals surface area contributed by atoms with Crippen molar-refractivity contribution in [2.24, 2.45) is 0 Å². The Bertz CT molecular complexity index is 804. The zero-order valence-corrected chi connectivity index (χ0v) is 16.5. The van der Waals surface area contributed by atoms with Gasteiger partial charge in [-0.05, 0) is 34.6 Å². The molecule has 1 fully saturated rings. The zero-order valence-electron chi connectivity index (χ0n) is 16.5. The zero-order chi connectivity index (χ0) is 19.6. The van der Waals surface area contributed by atoms with E-state index in [4.69, 9.17) is 4.74 Å². The molecule has 3 heterocycles. The Morgan fingerprint density at radius 1 is 1.11 bits per heavy atom. The number of piperazine rings is 1. The van der Waals surface area contributed by atoms with E-state index in [2.05, 4.69) is 30.4 Å². The van der Waals surface area contributed by atoms with Gasteiger partial charge in [-0.1, -0.05) is 0 Å². The number of amides is 1. The summed E-state index contributed by atoms with van der Waals surface area (Å²) in [4.78, 5) is 25.2. The molecule has 2 aromatic heterocycles. The van der Waals surface area contributed by atoms with Gasteiger partial charge in [0.05, 0.1) is 0 Å². The van der Waals surface area contributed by atoms with Crippen molar-refractivity contribution in [2.45, 2.75) is 40.2 Å². The number of aromatic amines is 1. The van der Waals surface area contributed by atoms with E-state index in [9.17, 15) is 4.79 Å². The highest BCUT2D eigenvalue weighted by molar-refractivity contribution is 5.68. The fraction of sp³-hybridized carbons (Fsp3) is 0.556. The van der Waals surface area contributed by atoms with Crippen LogP contribution in [0.1, 0.15) is 32.2 Å². The maximum Gasteiger partial charge on any atom is 0.410 e. The molecule has 0 aliphatic carbocycles. The number of nitrogens with one attached hydrogen (secondary N) is 2. The summed E-state index contributed by atoms with van der Waals surface area (Å²) in [5.74, 6) is 2.05. The quantitative estimate of drug-likeness (QED) is 0.853. The van der Waals surface area contributed by atoms with E-state index in [-0.39, 0.29) is 6.09 Å². The first kappa shape index (κ1) is 18.9. The first-order valence-corrected chi connectivity index (χ1v) is 9.07. The summed E-state index contributed by atoms with van der Waals surface area (Å²) in [6.07, 6.45) is -0.274. The number of carbonyl (C=O) groups excluding carboxylic acids is 1. The summed E-state index contributed by atoms with van der Waals surface area (Å²) in [6, 6.07) is 3.79. The number of carbonyl (C=O) groups is 1. The van der Waals surface area contributed by atoms with Gasteiger partial charge in [-0.25, -0.2) is 9.78 Å². The maximum atomic E-state index is 12.2. The Hall–Kier alpha value is -2.84. The normalized spacial score (nSPS) is 15.0. The van der Waals surface area contributed by atoms with Gasteiger partial charge >= 0.3 is 6.09 Å². The number of H-pyrrole nitrogens is 1. The number of hydrogen-bond donors (Lipinski definition) is 2. The molecular weight excluding hydrogens is 346 g/mol. The fourth-order valence-corrected chi connectivity index (χ4v) is 2.79. The van der Waals surface area contributed by atoms with E-state index in [0.717, 1.165) is 11.4 Å². The second kappa shape index (κ2) is 7.42. The topological polar surface area (TPSA) is 99.3 Å². The third kappa shape index (κ3) is 5.08. The van der Waals surface area contributed by atoms with Crippen LogP contribution in [0.2, 0.25) is 0 Å². The molecule has 0 bridgehead atoms.